The maximum absolute atomic E-state index is 11.9. The molecule has 3 aromatic heterocycles. The van der Waals surface area contributed by atoms with E-state index in [1.165, 1.54) is 28.9 Å². The minimum Gasteiger partial charge on any atom is -0.385 e. The van der Waals surface area contributed by atoms with Crippen molar-refractivity contribution in [3.63, 3.8) is 0 Å². The summed E-state index contributed by atoms with van der Waals surface area (Å²) in [5, 5.41) is 10.3. The molecule has 0 aromatic carbocycles. The van der Waals surface area contributed by atoms with Crippen molar-refractivity contribution in [3.8, 4) is 10.6 Å². The number of nitrogens with one attached hydrogen (secondary N) is 1. The summed E-state index contributed by atoms with van der Waals surface area (Å²) in [5.41, 5.74) is 4.70. The van der Waals surface area contributed by atoms with Crippen LogP contribution in [0.1, 0.15) is 18.7 Å². The van der Waals surface area contributed by atoms with Crippen LogP contribution in [0.5, 0.6) is 0 Å². The number of H-pyrrole nitrogens is 1. The Morgan fingerprint density at radius 2 is 2.09 bits per heavy atom. The van der Waals surface area contributed by atoms with Gasteiger partial charge in [0.25, 0.3) is 5.56 Å². The van der Waals surface area contributed by atoms with E-state index < -0.39 is 11.2 Å². The minimum atomic E-state index is -1.06. The molecule has 0 aliphatic heterocycles. The highest BCUT2D eigenvalue weighted by atomic mass is 32.2. The smallest absolute Gasteiger partial charge is 0.280 e. The topological polar surface area (TPSA) is 118 Å². The average Bonchev–Trinajstić information content (AvgIpc) is 2.80. The van der Waals surface area contributed by atoms with Crippen LogP contribution in [0.2, 0.25) is 0 Å². The van der Waals surface area contributed by atoms with Crippen LogP contribution < -0.4 is 11.3 Å². The highest BCUT2D eigenvalue weighted by Gasteiger charge is 2.25. The molecule has 0 saturated heterocycles. The summed E-state index contributed by atoms with van der Waals surface area (Å²) in [4.78, 5) is 28.1. The van der Waals surface area contributed by atoms with E-state index in [0.717, 1.165) is 0 Å². The average molecular weight is 353 g/mol. The van der Waals surface area contributed by atoms with Crippen molar-refractivity contribution in [1.82, 2.24) is 19.9 Å². The van der Waals surface area contributed by atoms with Gasteiger partial charge < -0.3 is 10.8 Å². The molecule has 0 aliphatic carbocycles. The molecule has 0 saturated carbocycles. The summed E-state index contributed by atoms with van der Waals surface area (Å²) in [6, 6.07) is 0. The second-order valence-electron chi connectivity index (χ2n) is 5.05. The lowest BCUT2D eigenvalue weighted by atomic mass is 10.1. The van der Waals surface area contributed by atoms with E-state index in [1.807, 2.05) is 0 Å². The normalized spacial score (nSPS) is 12.0. The third-order valence-corrected chi connectivity index (χ3v) is 5.79. The Kier molecular flexibility index (Phi) is 3.56. The number of rotatable bonds is 2. The highest BCUT2D eigenvalue weighted by molar-refractivity contribution is 7.76. The predicted octanol–water partition coefficient (Wildman–Crippen LogP) is 2.04. The zero-order chi connectivity index (χ0) is 16.1. The zero-order valence-electron chi connectivity index (χ0n) is 11.6. The molecule has 3 rings (SSSR count). The lowest BCUT2D eigenvalue weighted by Crippen LogP contribution is -2.15. The van der Waals surface area contributed by atoms with Gasteiger partial charge in [0.05, 0.1) is 21.6 Å². The Labute approximate surface area is 137 Å². The van der Waals surface area contributed by atoms with Gasteiger partial charge >= 0.3 is 0 Å². The highest BCUT2D eigenvalue weighted by Crippen LogP contribution is 2.39. The van der Waals surface area contributed by atoms with Crippen molar-refractivity contribution in [2.45, 2.75) is 19.4 Å². The third-order valence-electron chi connectivity index (χ3n) is 2.80. The van der Waals surface area contributed by atoms with E-state index in [1.54, 1.807) is 13.8 Å². The molecule has 3 heterocycles. The van der Waals surface area contributed by atoms with Gasteiger partial charge in [0.15, 0.2) is 11.2 Å². The second-order valence-corrected chi connectivity index (χ2v) is 8.27. The maximum Gasteiger partial charge on any atom is 0.280 e. The van der Waals surface area contributed by atoms with Gasteiger partial charge in [-0.1, -0.05) is 12.2 Å². The number of nitrogens with two attached hydrogens (primary N) is 1. The quantitative estimate of drug-likeness (QED) is 0.603. The van der Waals surface area contributed by atoms with Crippen LogP contribution in [0.25, 0.3) is 21.7 Å². The lowest BCUT2D eigenvalue weighted by molar-refractivity contribution is 0.0832. The van der Waals surface area contributed by atoms with Crippen LogP contribution in [-0.4, -0.2) is 25.0 Å². The van der Waals surface area contributed by atoms with Crippen molar-refractivity contribution in [2.75, 3.05) is 5.73 Å². The molecule has 7 nitrogen and oxygen atoms in total. The second kappa shape index (κ2) is 5.16. The molecular formula is C12H11N5O2S3. The summed E-state index contributed by atoms with van der Waals surface area (Å²) in [6.07, 6.45) is 1.50. The van der Waals surface area contributed by atoms with E-state index in [0.29, 0.717) is 18.6 Å². The van der Waals surface area contributed by atoms with Gasteiger partial charge in [-0.05, 0) is 13.8 Å². The molecule has 3 aromatic rings. The van der Waals surface area contributed by atoms with Crippen molar-refractivity contribution < 1.29 is 5.11 Å². The first kappa shape index (κ1) is 15.2. The Bertz CT molecular complexity index is 983. The van der Waals surface area contributed by atoms with E-state index >= 15 is 0 Å². The summed E-state index contributed by atoms with van der Waals surface area (Å²) >= 11 is 7.86. The molecule has 114 valence electrons. The van der Waals surface area contributed by atoms with Gasteiger partial charge in [-0.2, -0.15) is 4.98 Å². The largest absolute Gasteiger partial charge is 0.385 e. The van der Waals surface area contributed by atoms with Crippen molar-refractivity contribution in [2.24, 2.45) is 0 Å². The van der Waals surface area contributed by atoms with Gasteiger partial charge in [0.1, 0.15) is 8.83 Å². The number of hydrogen-bond donors (Lipinski definition) is 3. The molecule has 0 radical (unpaired) electrons. The first-order chi connectivity index (χ1) is 10.3. The van der Waals surface area contributed by atoms with Crippen LogP contribution in [0.15, 0.2) is 11.0 Å². The monoisotopic (exact) mass is 353 g/mol. The molecule has 0 amide bonds. The van der Waals surface area contributed by atoms with E-state index in [-0.39, 0.29) is 17.1 Å². The molecular weight excluding hydrogens is 342 g/mol. The maximum atomic E-state index is 11.9. The van der Waals surface area contributed by atoms with Gasteiger partial charge in [-0.15, -0.1) is 22.7 Å². The van der Waals surface area contributed by atoms with Crippen LogP contribution in [0.4, 0.5) is 5.95 Å². The third kappa shape index (κ3) is 2.65. The standard InChI is InChI=1S/C12H11N5O2S3/c1-12(2,19)7-6(21-11(20)22-7)4-3-14-8-5(15-4)9(18)17-10(13)16-8/h3,19H,1-2H3,(H3,13,14,16,17,18). The first-order valence-electron chi connectivity index (χ1n) is 6.15. The summed E-state index contributed by atoms with van der Waals surface area (Å²) in [5.74, 6) is -0.0112. The van der Waals surface area contributed by atoms with Crippen LogP contribution >= 0.6 is 34.9 Å². The molecule has 0 bridgehead atoms. The number of anilines is 1. The van der Waals surface area contributed by atoms with Crippen LogP contribution in [0, 0.1) is 3.14 Å². The number of aromatic amines is 1. The van der Waals surface area contributed by atoms with Crippen LogP contribution in [-0.2, 0) is 5.60 Å². The Balaban J connectivity index is 2.28. The van der Waals surface area contributed by atoms with Gasteiger partial charge in [-0.25, -0.2) is 9.97 Å². The fourth-order valence-electron chi connectivity index (χ4n) is 1.90. The summed E-state index contributed by atoms with van der Waals surface area (Å²) in [7, 11) is 0. The first-order valence-corrected chi connectivity index (χ1v) is 8.19. The Hall–Kier alpha value is -1.75. The van der Waals surface area contributed by atoms with Crippen LogP contribution in [0.3, 0.4) is 0 Å². The Morgan fingerprint density at radius 1 is 1.36 bits per heavy atom. The number of nitrogens with zero attached hydrogens (tertiary/aromatic N) is 3. The van der Waals surface area contributed by atoms with Gasteiger partial charge in [0.2, 0.25) is 5.95 Å². The molecule has 22 heavy (non-hydrogen) atoms. The van der Waals surface area contributed by atoms with Crippen molar-refractivity contribution >= 4 is 52.0 Å². The molecule has 0 unspecified atom stereocenters. The molecule has 10 heteroatoms. The van der Waals surface area contributed by atoms with Gasteiger partial charge in [0, 0.05) is 0 Å². The fourth-order valence-corrected chi connectivity index (χ4v) is 4.64. The van der Waals surface area contributed by atoms with E-state index in [4.69, 9.17) is 18.0 Å². The number of aromatic nitrogens is 4. The molecule has 0 fully saturated rings. The van der Waals surface area contributed by atoms with Crippen molar-refractivity contribution in [3.05, 3.63) is 24.6 Å². The molecule has 4 N–H and O–H groups in total. The van der Waals surface area contributed by atoms with E-state index in [9.17, 15) is 9.90 Å². The van der Waals surface area contributed by atoms with E-state index in [2.05, 4.69) is 19.9 Å². The van der Waals surface area contributed by atoms with Gasteiger partial charge in [-0.3, -0.25) is 9.78 Å². The molecule has 0 atom stereocenters. The summed E-state index contributed by atoms with van der Waals surface area (Å²) < 4.78 is 0.665. The Morgan fingerprint density at radius 3 is 2.77 bits per heavy atom. The lowest BCUT2D eigenvalue weighted by Gasteiger charge is -2.16. The number of hydrogen-bond acceptors (Lipinski definition) is 9. The summed E-state index contributed by atoms with van der Waals surface area (Å²) in [6.45, 7) is 3.35. The minimum absolute atomic E-state index is 0.0112. The number of aliphatic hydroxyl groups is 1. The van der Waals surface area contributed by atoms with Crippen molar-refractivity contribution in [1.29, 1.82) is 0 Å². The SMILES string of the molecule is CC(C)(O)c1sc(=S)sc1-c1cnc2nc(N)[nH]c(=O)c2n1. The predicted molar refractivity (Wildman–Crippen MR) is 89.6 cm³/mol. The number of nitrogen functional groups attached to an aromatic ring is 1. The zero-order valence-corrected chi connectivity index (χ0v) is 14.0. The molecule has 0 spiro atoms. The fraction of sp³-hybridized carbons (Fsp3) is 0.250. The molecule has 0 aliphatic rings. The number of fused-ring (bicyclic) bond motifs is 1.